The van der Waals surface area contributed by atoms with Crippen LogP contribution in [0.5, 0.6) is 0 Å². The Kier molecular flexibility index (Phi) is 5.97. The number of carbonyl (C=O) groups is 2. The zero-order valence-electron chi connectivity index (χ0n) is 16.6. The van der Waals surface area contributed by atoms with Crippen LogP contribution in [0.1, 0.15) is 35.4 Å². The summed E-state index contributed by atoms with van der Waals surface area (Å²) in [6.07, 6.45) is 3.65. The lowest BCUT2D eigenvalue weighted by molar-refractivity contribution is -0.133. The summed E-state index contributed by atoms with van der Waals surface area (Å²) >= 11 is 1.58. The number of rotatable bonds is 4. The lowest BCUT2D eigenvalue weighted by Gasteiger charge is -2.34. The maximum atomic E-state index is 13.0. The molecule has 5 nitrogen and oxygen atoms in total. The summed E-state index contributed by atoms with van der Waals surface area (Å²) in [6, 6.07) is 10.2. The molecule has 2 fully saturated rings. The molecule has 0 spiro atoms. The highest BCUT2D eigenvalue weighted by Crippen LogP contribution is 2.29. The first-order chi connectivity index (χ1) is 13.6. The molecule has 0 N–H and O–H groups in total. The van der Waals surface area contributed by atoms with E-state index < -0.39 is 0 Å². The molecule has 2 saturated heterocycles. The van der Waals surface area contributed by atoms with Crippen LogP contribution in [-0.2, 0) is 4.79 Å². The SMILES string of the molecule is CN1CCN(C(=O)CC[C@H]2CCCN(C(=O)c3cc4ccccc4s3)C2)CC1. The summed E-state index contributed by atoms with van der Waals surface area (Å²) in [5.74, 6) is 0.862. The van der Waals surface area contributed by atoms with Crippen LogP contribution in [0.2, 0.25) is 0 Å². The standard InChI is InChI=1S/C22H29N3O2S/c1-23-11-13-24(14-12-23)21(26)9-8-17-5-4-10-25(16-17)22(27)20-15-18-6-2-3-7-19(18)28-20/h2-3,6-7,15,17H,4-5,8-14,16H2,1H3/t17-/m1/s1. The van der Waals surface area contributed by atoms with Gasteiger partial charge in [-0.2, -0.15) is 0 Å². The van der Waals surface area contributed by atoms with Gasteiger partial charge in [-0.3, -0.25) is 9.59 Å². The maximum Gasteiger partial charge on any atom is 0.263 e. The first-order valence-electron chi connectivity index (χ1n) is 10.3. The van der Waals surface area contributed by atoms with Gasteiger partial charge in [0.05, 0.1) is 4.88 Å². The summed E-state index contributed by atoms with van der Waals surface area (Å²) in [4.78, 5) is 32.6. The second kappa shape index (κ2) is 8.62. The van der Waals surface area contributed by atoms with Gasteiger partial charge in [0, 0.05) is 50.4 Å². The Morgan fingerprint density at radius 1 is 1.07 bits per heavy atom. The molecule has 4 rings (SSSR count). The van der Waals surface area contributed by atoms with E-state index in [0.29, 0.717) is 12.3 Å². The van der Waals surface area contributed by atoms with E-state index >= 15 is 0 Å². The monoisotopic (exact) mass is 399 g/mol. The number of piperazine rings is 1. The molecular weight excluding hydrogens is 370 g/mol. The van der Waals surface area contributed by atoms with E-state index in [1.807, 2.05) is 28.0 Å². The number of hydrogen-bond donors (Lipinski definition) is 0. The van der Waals surface area contributed by atoms with Gasteiger partial charge in [0.15, 0.2) is 0 Å². The molecule has 0 aliphatic carbocycles. The average Bonchev–Trinajstić information content (AvgIpc) is 3.16. The number of hydrogen-bond acceptors (Lipinski definition) is 4. The number of amides is 2. The van der Waals surface area contributed by atoms with Crippen molar-refractivity contribution in [2.75, 3.05) is 46.3 Å². The lowest BCUT2D eigenvalue weighted by atomic mass is 9.93. The zero-order chi connectivity index (χ0) is 19.5. The van der Waals surface area contributed by atoms with Crippen molar-refractivity contribution in [2.24, 2.45) is 5.92 Å². The summed E-state index contributed by atoms with van der Waals surface area (Å²) in [7, 11) is 2.10. The quantitative estimate of drug-likeness (QED) is 0.792. The van der Waals surface area contributed by atoms with E-state index in [1.54, 1.807) is 11.3 Å². The Hall–Kier alpha value is -1.92. The fraction of sp³-hybridized carbons (Fsp3) is 0.545. The van der Waals surface area contributed by atoms with Crippen LogP contribution < -0.4 is 0 Å². The highest BCUT2D eigenvalue weighted by atomic mass is 32.1. The lowest BCUT2D eigenvalue weighted by Crippen LogP contribution is -2.47. The van der Waals surface area contributed by atoms with Gasteiger partial charge in [-0.15, -0.1) is 11.3 Å². The van der Waals surface area contributed by atoms with Gasteiger partial charge in [-0.25, -0.2) is 0 Å². The number of fused-ring (bicyclic) bond motifs is 1. The molecule has 0 unspecified atom stereocenters. The van der Waals surface area contributed by atoms with E-state index in [1.165, 1.54) is 0 Å². The van der Waals surface area contributed by atoms with Crippen LogP contribution in [0.15, 0.2) is 30.3 Å². The number of carbonyl (C=O) groups excluding carboxylic acids is 2. The number of benzene rings is 1. The third-order valence-corrected chi connectivity index (χ3v) is 7.17. The third kappa shape index (κ3) is 4.39. The number of piperidine rings is 1. The first-order valence-corrected chi connectivity index (χ1v) is 11.2. The van der Waals surface area contributed by atoms with Gasteiger partial charge >= 0.3 is 0 Å². The van der Waals surface area contributed by atoms with Gasteiger partial charge in [0.1, 0.15) is 0 Å². The van der Waals surface area contributed by atoms with Crippen molar-refractivity contribution in [1.29, 1.82) is 0 Å². The molecule has 2 amide bonds. The van der Waals surface area contributed by atoms with E-state index in [0.717, 1.165) is 73.5 Å². The van der Waals surface area contributed by atoms with Crippen molar-refractivity contribution < 1.29 is 9.59 Å². The van der Waals surface area contributed by atoms with Crippen LogP contribution in [0.4, 0.5) is 0 Å². The molecule has 3 heterocycles. The largest absolute Gasteiger partial charge is 0.340 e. The Morgan fingerprint density at radius 2 is 1.86 bits per heavy atom. The van der Waals surface area contributed by atoms with Gasteiger partial charge in [0.2, 0.25) is 5.91 Å². The second-order valence-electron chi connectivity index (χ2n) is 8.13. The molecule has 1 atom stereocenters. The molecule has 150 valence electrons. The zero-order valence-corrected chi connectivity index (χ0v) is 17.4. The molecule has 2 aromatic rings. The molecule has 2 aliphatic heterocycles. The molecule has 28 heavy (non-hydrogen) atoms. The van der Waals surface area contributed by atoms with E-state index in [-0.39, 0.29) is 11.8 Å². The molecule has 1 aromatic carbocycles. The van der Waals surface area contributed by atoms with Crippen molar-refractivity contribution in [3.8, 4) is 0 Å². The van der Waals surface area contributed by atoms with E-state index in [9.17, 15) is 9.59 Å². The second-order valence-corrected chi connectivity index (χ2v) is 9.21. The molecule has 0 bridgehead atoms. The average molecular weight is 400 g/mol. The minimum absolute atomic E-state index is 0.149. The highest BCUT2D eigenvalue weighted by Gasteiger charge is 2.27. The van der Waals surface area contributed by atoms with Crippen LogP contribution in [0, 0.1) is 5.92 Å². The predicted molar refractivity (Wildman–Crippen MR) is 114 cm³/mol. The van der Waals surface area contributed by atoms with Crippen molar-refractivity contribution in [3.63, 3.8) is 0 Å². The third-order valence-electron chi connectivity index (χ3n) is 6.06. The summed E-state index contributed by atoms with van der Waals surface area (Å²) in [5, 5.41) is 1.14. The molecule has 0 radical (unpaired) electrons. The fourth-order valence-corrected chi connectivity index (χ4v) is 5.30. The normalized spacial score (nSPS) is 21.2. The van der Waals surface area contributed by atoms with Crippen LogP contribution in [0.3, 0.4) is 0 Å². The van der Waals surface area contributed by atoms with Crippen LogP contribution in [0.25, 0.3) is 10.1 Å². The number of likely N-dealkylation sites (tertiary alicyclic amines) is 1. The smallest absolute Gasteiger partial charge is 0.263 e. The van der Waals surface area contributed by atoms with E-state index in [4.69, 9.17) is 0 Å². The molecule has 1 aromatic heterocycles. The number of nitrogens with zero attached hydrogens (tertiary/aromatic N) is 3. The van der Waals surface area contributed by atoms with Crippen molar-refractivity contribution in [2.45, 2.75) is 25.7 Å². The van der Waals surface area contributed by atoms with Gasteiger partial charge in [-0.1, -0.05) is 18.2 Å². The van der Waals surface area contributed by atoms with Gasteiger partial charge in [0.25, 0.3) is 5.91 Å². The number of likely N-dealkylation sites (N-methyl/N-ethyl adjacent to an activating group) is 1. The van der Waals surface area contributed by atoms with Crippen molar-refractivity contribution in [1.82, 2.24) is 14.7 Å². The Morgan fingerprint density at radius 3 is 2.64 bits per heavy atom. The topological polar surface area (TPSA) is 43.9 Å². The Bertz CT molecular complexity index is 808. The van der Waals surface area contributed by atoms with Crippen LogP contribution >= 0.6 is 11.3 Å². The Labute approximate surface area is 170 Å². The fourth-order valence-electron chi connectivity index (χ4n) is 4.27. The minimum atomic E-state index is 0.149. The minimum Gasteiger partial charge on any atom is -0.340 e. The summed E-state index contributed by atoms with van der Waals surface area (Å²) in [5.41, 5.74) is 0. The molecule has 2 aliphatic rings. The Balaban J connectivity index is 1.31. The number of thiophene rings is 1. The van der Waals surface area contributed by atoms with Crippen molar-refractivity contribution in [3.05, 3.63) is 35.2 Å². The molecule has 0 saturated carbocycles. The summed E-state index contributed by atoms with van der Waals surface area (Å²) < 4.78 is 1.16. The van der Waals surface area contributed by atoms with Crippen molar-refractivity contribution >= 4 is 33.2 Å². The maximum absolute atomic E-state index is 13.0. The first kappa shape index (κ1) is 19.4. The summed E-state index contributed by atoms with van der Waals surface area (Å²) in [6.45, 7) is 5.23. The van der Waals surface area contributed by atoms with Gasteiger partial charge < -0.3 is 14.7 Å². The van der Waals surface area contributed by atoms with Gasteiger partial charge in [-0.05, 0) is 49.7 Å². The van der Waals surface area contributed by atoms with E-state index in [2.05, 4.69) is 24.1 Å². The predicted octanol–water partition coefficient (Wildman–Crippen LogP) is 3.31. The van der Waals surface area contributed by atoms with Crippen LogP contribution in [-0.4, -0.2) is 72.8 Å². The highest BCUT2D eigenvalue weighted by molar-refractivity contribution is 7.20. The molecule has 6 heteroatoms. The molecular formula is C22H29N3O2S.